The standard InChI is InChI=1S/C11H12N2O/c12-13-9-11(14)8-4-7-10-5-2-1-3-6-10/h1-3,5-6,9H,4,7-8H2/p+1/b11-9+. The second kappa shape index (κ2) is 5.76. The van der Waals surface area contributed by atoms with Gasteiger partial charge in [-0.3, -0.25) is 0 Å². The van der Waals surface area contributed by atoms with E-state index in [0.717, 1.165) is 19.0 Å². The Morgan fingerprint density at radius 2 is 2.07 bits per heavy atom. The summed E-state index contributed by atoms with van der Waals surface area (Å²) in [6.07, 6.45) is 3.37. The number of rotatable bonds is 4. The predicted octanol–water partition coefficient (Wildman–Crippen LogP) is 3.26. The number of diazo groups is 1. The molecule has 0 fully saturated rings. The molecule has 1 rings (SSSR count). The molecular formula is C11H13N2O+. The fourth-order valence-corrected chi connectivity index (χ4v) is 1.25. The van der Waals surface area contributed by atoms with Gasteiger partial charge in [0.25, 0.3) is 0 Å². The van der Waals surface area contributed by atoms with Crippen LogP contribution in [0.1, 0.15) is 18.4 Å². The van der Waals surface area contributed by atoms with Crippen LogP contribution < -0.4 is 0 Å². The minimum Gasteiger partial charge on any atom is -0.505 e. The summed E-state index contributed by atoms with van der Waals surface area (Å²) in [5.74, 6) is 0.114. The summed E-state index contributed by atoms with van der Waals surface area (Å²) in [6.45, 7) is 0. The van der Waals surface area contributed by atoms with E-state index in [0.29, 0.717) is 6.42 Å². The Bertz CT molecular complexity index is 338. The van der Waals surface area contributed by atoms with Gasteiger partial charge in [0.15, 0.2) is 10.7 Å². The quantitative estimate of drug-likeness (QED) is 0.583. The molecule has 1 N–H and O–H groups in total. The topological polar surface area (TPSA) is 48.4 Å². The first-order chi connectivity index (χ1) is 6.83. The summed E-state index contributed by atoms with van der Waals surface area (Å²) in [5, 5.41) is 17.3. The molecule has 0 aromatic heterocycles. The highest BCUT2D eigenvalue weighted by molar-refractivity contribution is 5.14. The van der Waals surface area contributed by atoms with E-state index in [1.807, 2.05) is 18.2 Å². The largest absolute Gasteiger partial charge is 0.505 e. The average Bonchev–Trinajstić information content (AvgIpc) is 2.20. The minimum absolute atomic E-state index is 0.114. The molecule has 0 atom stereocenters. The Hall–Kier alpha value is -1.82. The van der Waals surface area contributed by atoms with Crippen molar-refractivity contribution in [3.8, 4) is 0 Å². The van der Waals surface area contributed by atoms with Gasteiger partial charge in [-0.05, 0) is 18.4 Å². The summed E-state index contributed by atoms with van der Waals surface area (Å²) < 4.78 is 0. The lowest BCUT2D eigenvalue weighted by Crippen LogP contribution is -1.87. The van der Waals surface area contributed by atoms with Crippen molar-refractivity contribution in [1.82, 2.24) is 0 Å². The zero-order valence-corrected chi connectivity index (χ0v) is 7.93. The van der Waals surface area contributed by atoms with Gasteiger partial charge in [0.1, 0.15) is 0 Å². The average molecular weight is 189 g/mol. The van der Waals surface area contributed by atoms with Crippen molar-refractivity contribution in [3.63, 3.8) is 0 Å². The SMILES string of the molecule is N#[N+]/C=C(/O)CCCc1ccccc1. The highest BCUT2D eigenvalue weighted by Gasteiger charge is 1.99. The third-order valence-electron chi connectivity index (χ3n) is 1.95. The van der Waals surface area contributed by atoms with Gasteiger partial charge in [-0.1, -0.05) is 30.3 Å². The van der Waals surface area contributed by atoms with Gasteiger partial charge in [-0.15, -0.1) is 0 Å². The maximum absolute atomic E-state index is 9.13. The number of nitrogens with zero attached hydrogens (tertiary/aromatic N) is 2. The molecule has 0 heterocycles. The predicted molar refractivity (Wildman–Crippen MR) is 55.2 cm³/mol. The lowest BCUT2D eigenvalue weighted by atomic mass is 10.1. The van der Waals surface area contributed by atoms with Gasteiger partial charge in [-0.2, -0.15) is 0 Å². The molecule has 0 aliphatic heterocycles. The maximum atomic E-state index is 9.13. The lowest BCUT2D eigenvalue weighted by molar-refractivity contribution is 0.384. The highest BCUT2D eigenvalue weighted by atomic mass is 16.3. The number of benzene rings is 1. The van der Waals surface area contributed by atoms with Crippen molar-refractivity contribution >= 4 is 0 Å². The van der Waals surface area contributed by atoms with E-state index in [1.165, 1.54) is 5.56 Å². The van der Waals surface area contributed by atoms with Gasteiger partial charge in [0.2, 0.25) is 5.39 Å². The van der Waals surface area contributed by atoms with Crippen LogP contribution in [0.2, 0.25) is 0 Å². The zero-order valence-electron chi connectivity index (χ0n) is 7.93. The van der Waals surface area contributed by atoms with Crippen LogP contribution in [-0.4, -0.2) is 5.11 Å². The Morgan fingerprint density at radius 3 is 2.71 bits per heavy atom. The number of aryl methyl sites for hydroxylation is 1. The smallest absolute Gasteiger partial charge is 0.387 e. The number of hydrogen-bond donors (Lipinski definition) is 1. The Morgan fingerprint density at radius 1 is 1.36 bits per heavy atom. The van der Waals surface area contributed by atoms with Gasteiger partial charge in [-0.25, -0.2) is 0 Å². The first-order valence-corrected chi connectivity index (χ1v) is 4.59. The van der Waals surface area contributed by atoms with Crippen LogP contribution in [0.5, 0.6) is 0 Å². The van der Waals surface area contributed by atoms with Crippen molar-refractivity contribution in [3.05, 3.63) is 52.8 Å². The second-order valence-corrected chi connectivity index (χ2v) is 3.08. The van der Waals surface area contributed by atoms with Crippen LogP contribution in [-0.2, 0) is 6.42 Å². The third kappa shape index (κ3) is 3.72. The van der Waals surface area contributed by atoms with E-state index < -0.39 is 0 Å². The molecule has 0 saturated heterocycles. The molecule has 14 heavy (non-hydrogen) atoms. The molecular weight excluding hydrogens is 176 g/mol. The molecule has 0 amide bonds. The summed E-state index contributed by atoms with van der Waals surface area (Å²) in [7, 11) is 0. The van der Waals surface area contributed by atoms with Crippen LogP contribution in [0.4, 0.5) is 0 Å². The number of allylic oxidation sites excluding steroid dienone is 1. The van der Waals surface area contributed by atoms with Crippen LogP contribution in [0.25, 0.3) is 4.98 Å². The Kier molecular flexibility index (Phi) is 4.22. The molecule has 0 aliphatic carbocycles. The molecule has 3 heteroatoms. The van der Waals surface area contributed by atoms with E-state index in [2.05, 4.69) is 17.1 Å². The molecule has 1 aromatic rings. The van der Waals surface area contributed by atoms with E-state index in [9.17, 15) is 0 Å². The lowest BCUT2D eigenvalue weighted by Gasteiger charge is -1.98. The van der Waals surface area contributed by atoms with Crippen LogP contribution >= 0.6 is 0 Å². The van der Waals surface area contributed by atoms with E-state index >= 15 is 0 Å². The molecule has 0 unspecified atom stereocenters. The fraction of sp³-hybridized carbons (Fsp3) is 0.273. The van der Waals surface area contributed by atoms with Gasteiger partial charge in [0.05, 0.1) is 0 Å². The van der Waals surface area contributed by atoms with Crippen LogP contribution in [0.3, 0.4) is 0 Å². The van der Waals surface area contributed by atoms with Gasteiger partial charge >= 0.3 is 6.20 Å². The van der Waals surface area contributed by atoms with Gasteiger partial charge < -0.3 is 5.11 Å². The molecule has 0 spiro atoms. The summed E-state index contributed by atoms with van der Waals surface area (Å²) >= 11 is 0. The summed E-state index contributed by atoms with van der Waals surface area (Å²) in [4.78, 5) is 2.75. The molecule has 0 aliphatic rings. The number of aliphatic hydroxyl groups is 1. The molecule has 0 saturated carbocycles. The first kappa shape index (κ1) is 10.3. The highest BCUT2D eigenvalue weighted by Crippen LogP contribution is 2.08. The monoisotopic (exact) mass is 189 g/mol. The van der Waals surface area contributed by atoms with Crippen LogP contribution in [0, 0.1) is 5.39 Å². The van der Waals surface area contributed by atoms with E-state index in [1.54, 1.807) is 0 Å². The van der Waals surface area contributed by atoms with Crippen molar-refractivity contribution in [2.24, 2.45) is 0 Å². The Balaban J connectivity index is 2.30. The van der Waals surface area contributed by atoms with E-state index in [-0.39, 0.29) is 5.76 Å². The summed E-state index contributed by atoms with van der Waals surface area (Å²) in [6, 6.07) is 10.1. The molecule has 3 nitrogen and oxygen atoms in total. The number of aliphatic hydroxyl groups excluding tert-OH is 1. The second-order valence-electron chi connectivity index (χ2n) is 3.08. The molecule has 1 aromatic carbocycles. The van der Waals surface area contributed by atoms with Crippen molar-refractivity contribution in [2.75, 3.05) is 0 Å². The van der Waals surface area contributed by atoms with Crippen molar-refractivity contribution in [2.45, 2.75) is 19.3 Å². The fourth-order valence-electron chi connectivity index (χ4n) is 1.25. The maximum Gasteiger partial charge on any atom is 0.387 e. The third-order valence-corrected chi connectivity index (χ3v) is 1.95. The number of hydrogen-bond acceptors (Lipinski definition) is 2. The normalized spacial score (nSPS) is 10.9. The van der Waals surface area contributed by atoms with Crippen LogP contribution in [0.15, 0.2) is 42.3 Å². The van der Waals surface area contributed by atoms with E-state index in [4.69, 9.17) is 10.5 Å². The Labute approximate surface area is 83.3 Å². The van der Waals surface area contributed by atoms with Crippen molar-refractivity contribution < 1.29 is 5.11 Å². The minimum atomic E-state index is 0.114. The zero-order chi connectivity index (χ0) is 10.2. The molecule has 0 radical (unpaired) electrons. The molecule has 72 valence electrons. The molecule has 0 bridgehead atoms. The van der Waals surface area contributed by atoms with Gasteiger partial charge in [0, 0.05) is 6.42 Å². The van der Waals surface area contributed by atoms with Crippen molar-refractivity contribution in [1.29, 1.82) is 5.39 Å². The first-order valence-electron chi connectivity index (χ1n) is 4.59. The summed E-state index contributed by atoms with van der Waals surface area (Å²) in [5.41, 5.74) is 1.25.